The number of aliphatic hydroxyl groups is 1. The van der Waals surface area contributed by atoms with E-state index in [1.165, 1.54) is 17.7 Å². The van der Waals surface area contributed by atoms with Crippen LogP contribution in [0.2, 0.25) is 0 Å². The fraction of sp³-hybridized carbons (Fsp3) is 0.278. The molecule has 1 amide bonds. The van der Waals surface area contributed by atoms with Crippen molar-refractivity contribution in [1.29, 1.82) is 0 Å². The molecular formula is C18H17FIN3O5. The summed E-state index contributed by atoms with van der Waals surface area (Å²) in [4.78, 5) is 34.4. The van der Waals surface area contributed by atoms with Gasteiger partial charge in [-0.3, -0.25) is 14.4 Å². The number of hydrogen-bond acceptors (Lipinski definition) is 6. The first-order valence-corrected chi connectivity index (χ1v) is 9.37. The zero-order chi connectivity index (χ0) is 20.4. The molecule has 148 valence electrons. The molecule has 0 saturated carbocycles. The predicted molar refractivity (Wildman–Crippen MR) is 106 cm³/mol. The first kappa shape index (κ1) is 20.4. The van der Waals surface area contributed by atoms with E-state index in [1.54, 1.807) is 19.1 Å². The predicted octanol–water partition coefficient (Wildman–Crippen LogP) is 1.82. The Kier molecular flexibility index (Phi) is 6.10. The monoisotopic (exact) mass is 501 g/mol. The van der Waals surface area contributed by atoms with Crippen LogP contribution in [-0.2, 0) is 18.3 Å². The van der Waals surface area contributed by atoms with E-state index in [9.17, 15) is 14.0 Å². The Morgan fingerprint density at radius 2 is 2.21 bits per heavy atom. The third-order valence-corrected chi connectivity index (χ3v) is 4.79. The van der Waals surface area contributed by atoms with Gasteiger partial charge in [-0.15, -0.1) is 0 Å². The zero-order valence-corrected chi connectivity index (χ0v) is 17.2. The van der Waals surface area contributed by atoms with Crippen LogP contribution >= 0.6 is 22.6 Å². The topological polar surface area (TPSA) is 107 Å². The second-order valence-electron chi connectivity index (χ2n) is 6.01. The van der Waals surface area contributed by atoms with Crippen molar-refractivity contribution in [3.63, 3.8) is 0 Å². The highest BCUT2D eigenvalue weighted by atomic mass is 127. The van der Waals surface area contributed by atoms with E-state index in [1.807, 2.05) is 22.6 Å². The van der Waals surface area contributed by atoms with E-state index in [0.717, 1.165) is 3.57 Å². The van der Waals surface area contributed by atoms with Gasteiger partial charge in [0.05, 0.1) is 13.2 Å². The number of pyridine rings is 1. The number of aryl methyl sites for hydroxylation is 1. The molecule has 3 rings (SSSR count). The van der Waals surface area contributed by atoms with E-state index in [-0.39, 0.29) is 47.9 Å². The smallest absolute Gasteiger partial charge is 0.280 e. The van der Waals surface area contributed by atoms with Crippen LogP contribution in [0.25, 0.3) is 11.1 Å². The molecule has 0 aliphatic heterocycles. The maximum atomic E-state index is 14.4. The van der Waals surface area contributed by atoms with Crippen molar-refractivity contribution in [1.82, 2.24) is 15.0 Å². The number of nitrogens with one attached hydrogen (secondary N) is 1. The fourth-order valence-electron chi connectivity index (χ4n) is 2.82. The van der Waals surface area contributed by atoms with E-state index >= 15 is 0 Å². The maximum absolute atomic E-state index is 14.4. The molecule has 2 N–H and O–H groups in total. The molecule has 0 radical (unpaired) electrons. The van der Waals surface area contributed by atoms with Crippen LogP contribution in [0.15, 0.2) is 27.4 Å². The summed E-state index contributed by atoms with van der Waals surface area (Å²) in [5, 5.41) is 8.82. The van der Waals surface area contributed by atoms with Crippen molar-refractivity contribution < 1.29 is 23.5 Å². The number of hydrogen-bond donors (Lipinski definition) is 2. The average Bonchev–Trinajstić information content (AvgIpc) is 3.03. The number of carbonyl (C=O) groups excluding carboxylic acids is 1. The van der Waals surface area contributed by atoms with Crippen molar-refractivity contribution in [3.8, 4) is 0 Å². The summed E-state index contributed by atoms with van der Waals surface area (Å²) >= 11 is 2.00. The molecule has 28 heavy (non-hydrogen) atoms. The van der Waals surface area contributed by atoms with Crippen molar-refractivity contribution in [2.24, 2.45) is 7.05 Å². The first-order chi connectivity index (χ1) is 13.3. The Morgan fingerprint density at radius 3 is 2.89 bits per heavy atom. The van der Waals surface area contributed by atoms with Gasteiger partial charge < -0.3 is 14.1 Å². The summed E-state index contributed by atoms with van der Waals surface area (Å²) in [5.41, 5.74) is 2.34. The number of fused-ring (bicyclic) bond motifs is 1. The molecular weight excluding hydrogens is 484 g/mol. The summed E-state index contributed by atoms with van der Waals surface area (Å²) in [7, 11) is 1.48. The van der Waals surface area contributed by atoms with Crippen molar-refractivity contribution in [3.05, 3.63) is 60.7 Å². The van der Waals surface area contributed by atoms with Gasteiger partial charge in [0.2, 0.25) is 0 Å². The molecule has 0 unspecified atom stereocenters. The molecule has 8 nitrogen and oxygen atoms in total. The number of oxazole rings is 1. The molecule has 0 saturated heterocycles. The zero-order valence-electron chi connectivity index (χ0n) is 15.1. The summed E-state index contributed by atoms with van der Waals surface area (Å²) < 4.78 is 21.9. The molecule has 2 aromatic heterocycles. The lowest BCUT2D eigenvalue weighted by atomic mass is 10.0. The van der Waals surface area contributed by atoms with E-state index in [4.69, 9.17) is 14.4 Å². The van der Waals surface area contributed by atoms with E-state index in [0.29, 0.717) is 5.56 Å². The Hall–Kier alpha value is -2.31. The molecule has 0 fully saturated rings. The lowest BCUT2D eigenvalue weighted by molar-refractivity contribution is 0.0167. The quantitative estimate of drug-likeness (QED) is 0.303. The second kappa shape index (κ2) is 8.37. The van der Waals surface area contributed by atoms with Gasteiger partial charge in [-0.05, 0) is 40.3 Å². The minimum absolute atomic E-state index is 0.000796. The first-order valence-electron chi connectivity index (χ1n) is 8.29. The minimum atomic E-state index is -0.689. The number of amides is 1. The molecule has 2 heterocycles. The normalized spacial score (nSPS) is 11.2. The standard InChI is InChI=1S/C18H17FIN3O5/c1-9-21-15-16(28-9)14(17(25)22-27-6-5-24)13(23(2)18(15)26)7-10-3-4-11(20)8-12(10)19/h3-4,8,24H,5-7H2,1-2H3,(H,22,25). The summed E-state index contributed by atoms with van der Waals surface area (Å²) in [6.45, 7) is 1.16. The molecule has 0 aliphatic rings. The molecule has 0 atom stereocenters. The Bertz CT molecular complexity index is 1110. The number of carbonyl (C=O) groups is 1. The van der Waals surface area contributed by atoms with Crippen molar-refractivity contribution in [2.45, 2.75) is 13.3 Å². The fourth-order valence-corrected chi connectivity index (χ4v) is 3.27. The second-order valence-corrected chi connectivity index (χ2v) is 7.26. The average molecular weight is 501 g/mol. The molecule has 10 heteroatoms. The van der Waals surface area contributed by atoms with Gasteiger partial charge in [-0.25, -0.2) is 14.9 Å². The Morgan fingerprint density at radius 1 is 1.46 bits per heavy atom. The molecule has 1 aromatic carbocycles. The maximum Gasteiger partial charge on any atom is 0.280 e. The van der Waals surface area contributed by atoms with Crippen LogP contribution in [-0.4, -0.2) is 33.8 Å². The number of aliphatic hydroxyl groups excluding tert-OH is 1. The van der Waals surface area contributed by atoms with E-state index < -0.39 is 17.3 Å². The molecule has 3 aromatic rings. The van der Waals surface area contributed by atoms with Crippen LogP contribution in [0.3, 0.4) is 0 Å². The highest BCUT2D eigenvalue weighted by Crippen LogP contribution is 2.24. The SMILES string of the molecule is Cc1nc2c(=O)n(C)c(Cc3ccc(I)cc3F)c(C(=O)NOCCO)c2o1. The van der Waals surface area contributed by atoms with Crippen LogP contribution in [0, 0.1) is 16.3 Å². The van der Waals surface area contributed by atoms with Gasteiger partial charge in [0.25, 0.3) is 11.5 Å². The van der Waals surface area contributed by atoms with Gasteiger partial charge in [0.1, 0.15) is 11.4 Å². The molecule has 0 bridgehead atoms. The Labute approximate surface area is 172 Å². The van der Waals surface area contributed by atoms with Crippen molar-refractivity contribution >= 4 is 39.6 Å². The molecule has 0 aliphatic carbocycles. The number of benzene rings is 1. The third kappa shape index (κ3) is 3.93. The Balaban J connectivity index is 2.19. The lowest BCUT2D eigenvalue weighted by Crippen LogP contribution is -2.31. The van der Waals surface area contributed by atoms with Gasteiger partial charge in [0.15, 0.2) is 17.0 Å². The summed E-state index contributed by atoms with van der Waals surface area (Å²) in [5.74, 6) is -0.919. The number of halogens is 2. The third-order valence-electron chi connectivity index (χ3n) is 4.12. The van der Waals surface area contributed by atoms with Crippen LogP contribution in [0.4, 0.5) is 4.39 Å². The van der Waals surface area contributed by atoms with Crippen LogP contribution < -0.4 is 11.0 Å². The summed E-state index contributed by atoms with van der Waals surface area (Å²) in [6, 6.07) is 4.70. The van der Waals surface area contributed by atoms with Gasteiger partial charge in [0, 0.05) is 29.7 Å². The summed E-state index contributed by atoms with van der Waals surface area (Å²) in [6.07, 6.45) is -0.0209. The van der Waals surface area contributed by atoms with Crippen LogP contribution in [0.1, 0.15) is 27.5 Å². The minimum Gasteiger partial charge on any atom is -0.440 e. The van der Waals surface area contributed by atoms with Gasteiger partial charge >= 0.3 is 0 Å². The van der Waals surface area contributed by atoms with Crippen LogP contribution in [0.5, 0.6) is 0 Å². The largest absolute Gasteiger partial charge is 0.440 e. The number of rotatable bonds is 6. The highest BCUT2D eigenvalue weighted by molar-refractivity contribution is 14.1. The van der Waals surface area contributed by atoms with Gasteiger partial charge in [-0.1, -0.05) is 6.07 Å². The molecule has 0 spiro atoms. The highest BCUT2D eigenvalue weighted by Gasteiger charge is 2.25. The van der Waals surface area contributed by atoms with E-state index in [2.05, 4.69) is 10.5 Å². The lowest BCUT2D eigenvalue weighted by Gasteiger charge is -2.15. The van der Waals surface area contributed by atoms with Gasteiger partial charge in [-0.2, -0.15) is 0 Å². The number of nitrogens with zero attached hydrogens (tertiary/aromatic N) is 2. The number of hydroxylamine groups is 1. The number of aromatic nitrogens is 2. The van der Waals surface area contributed by atoms with Crippen molar-refractivity contribution in [2.75, 3.05) is 13.2 Å².